The molecule has 0 bridgehead atoms. The van der Waals surface area contributed by atoms with E-state index in [0.29, 0.717) is 5.56 Å². The Bertz CT molecular complexity index is 683. The number of aryl methyl sites for hydroxylation is 1. The lowest BCUT2D eigenvalue weighted by Crippen LogP contribution is -2.21. The van der Waals surface area contributed by atoms with Crippen LogP contribution in [0.25, 0.3) is 11.3 Å². The minimum absolute atomic E-state index is 0.290. The Morgan fingerprint density at radius 3 is 2.44 bits per heavy atom. The lowest BCUT2D eigenvalue weighted by molar-refractivity contribution is 0.0812. The minimum Gasteiger partial charge on any atom is -0.330 e. The first-order valence-corrected chi connectivity index (χ1v) is 5.89. The molecule has 0 saturated carbocycles. The third-order valence-corrected chi connectivity index (χ3v) is 3.35. The summed E-state index contributed by atoms with van der Waals surface area (Å²) < 4.78 is 1.90. The van der Waals surface area contributed by atoms with Gasteiger partial charge in [-0.15, -0.1) is 0 Å². The van der Waals surface area contributed by atoms with Crippen molar-refractivity contribution < 1.29 is 9.59 Å². The number of ketones is 2. The van der Waals surface area contributed by atoms with E-state index in [4.69, 9.17) is 0 Å². The van der Waals surface area contributed by atoms with Crippen LogP contribution in [0.4, 0.5) is 0 Å². The van der Waals surface area contributed by atoms with Crippen molar-refractivity contribution in [2.24, 2.45) is 7.05 Å². The van der Waals surface area contributed by atoms with Gasteiger partial charge in [-0.25, -0.2) is 4.98 Å². The summed E-state index contributed by atoms with van der Waals surface area (Å²) in [6.07, 6.45) is 0.729. The Kier molecular flexibility index (Phi) is 2.20. The standard InChI is InChI=1S/C14H12N2O2/c1-3-10-15-11-12(16(10)2)8-6-4-5-7-9(8)13(17)14(11)18/h4-7H,3H2,1-2H3. The second-order valence-corrected chi connectivity index (χ2v) is 4.34. The Morgan fingerprint density at radius 1 is 1.11 bits per heavy atom. The minimum atomic E-state index is -0.501. The molecule has 0 spiro atoms. The Hall–Kier alpha value is -2.23. The van der Waals surface area contributed by atoms with Crippen LogP contribution in [-0.4, -0.2) is 21.1 Å². The highest BCUT2D eigenvalue weighted by Gasteiger charge is 2.34. The largest absolute Gasteiger partial charge is 0.330 e. The average molecular weight is 240 g/mol. The number of carbonyl (C=O) groups excluding carboxylic acids is 2. The summed E-state index contributed by atoms with van der Waals surface area (Å²) in [6, 6.07) is 7.19. The topological polar surface area (TPSA) is 52.0 Å². The monoisotopic (exact) mass is 240 g/mol. The van der Waals surface area contributed by atoms with Gasteiger partial charge in [-0.1, -0.05) is 31.2 Å². The summed E-state index contributed by atoms with van der Waals surface area (Å²) in [6.45, 7) is 1.98. The lowest BCUT2D eigenvalue weighted by Gasteiger charge is -2.14. The SMILES string of the molecule is CCc1nc2c(n1C)-c1ccccc1C(=O)C2=O. The molecule has 1 aliphatic rings. The van der Waals surface area contributed by atoms with Crippen molar-refractivity contribution in [2.75, 3.05) is 0 Å². The predicted octanol–water partition coefficient (Wildman–Crippen LogP) is 2.03. The molecule has 1 heterocycles. The van der Waals surface area contributed by atoms with Crippen LogP contribution in [0.15, 0.2) is 24.3 Å². The molecule has 3 rings (SSSR count). The van der Waals surface area contributed by atoms with Gasteiger partial charge in [0.15, 0.2) is 0 Å². The average Bonchev–Trinajstić information content (AvgIpc) is 2.73. The summed E-state index contributed by atoms with van der Waals surface area (Å²) in [4.78, 5) is 28.3. The smallest absolute Gasteiger partial charge is 0.254 e. The quantitative estimate of drug-likeness (QED) is 0.717. The molecule has 4 heteroatoms. The van der Waals surface area contributed by atoms with E-state index in [1.807, 2.05) is 30.7 Å². The van der Waals surface area contributed by atoms with Crippen molar-refractivity contribution in [3.63, 3.8) is 0 Å². The highest BCUT2D eigenvalue weighted by atomic mass is 16.2. The van der Waals surface area contributed by atoms with Crippen LogP contribution in [0.1, 0.15) is 33.6 Å². The maximum absolute atomic E-state index is 12.0. The Balaban J connectivity index is 2.40. The van der Waals surface area contributed by atoms with Crippen LogP contribution in [0.2, 0.25) is 0 Å². The van der Waals surface area contributed by atoms with Gasteiger partial charge in [0.1, 0.15) is 11.5 Å². The van der Waals surface area contributed by atoms with E-state index >= 15 is 0 Å². The number of Topliss-reactive ketones (excluding diaryl/α,β-unsaturated/α-hetero) is 2. The van der Waals surface area contributed by atoms with E-state index < -0.39 is 11.6 Å². The van der Waals surface area contributed by atoms with Crippen LogP contribution in [-0.2, 0) is 13.5 Å². The van der Waals surface area contributed by atoms with Gasteiger partial charge in [0.2, 0.25) is 5.78 Å². The number of nitrogens with zero attached hydrogens (tertiary/aromatic N) is 2. The van der Waals surface area contributed by atoms with Gasteiger partial charge < -0.3 is 4.57 Å². The molecule has 0 fully saturated rings. The van der Waals surface area contributed by atoms with Gasteiger partial charge in [0.05, 0.1) is 5.69 Å². The highest BCUT2D eigenvalue weighted by molar-refractivity contribution is 6.52. The summed E-state index contributed by atoms with van der Waals surface area (Å²) in [5, 5.41) is 0. The second-order valence-electron chi connectivity index (χ2n) is 4.34. The number of hydrogen-bond acceptors (Lipinski definition) is 3. The van der Waals surface area contributed by atoms with Crippen molar-refractivity contribution in [1.29, 1.82) is 0 Å². The zero-order valence-corrected chi connectivity index (χ0v) is 10.2. The predicted molar refractivity (Wildman–Crippen MR) is 66.7 cm³/mol. The van der Waals surface area contributed by atoms with Gasteiger partial charge in [0.25, 0.3) is 5.78 Å². The number of imidazole rings is 1. The van der Waals surface area contributed by atoms with Crippen molar-refractivity contribution in [2.45, 2.75) is 13.3 Å². The third kappa shape index (κ3) is 1.23. The van der Waals surface area contributed by atoms with Crippen LogP contribution >= 0.6 is 0 Å². The maximum Gasteiger partial charge on any atom is 0.254 e. The Morgan fingerprint density at radius 2 is 1.78 bits per heavy atom. The van der Waals surface area contributed by atoms with Gasteiger partial charge in [-0.2, -0.15) is 0 Å². The summed E-state index contributed by atoms with van der Waals surface area (Å²) >= 11 is 0. The molecular weight excluding hydrogens is 228 g/mol. The first kappa shape index (κ1) is 10.9. The van der Waals surface area contributed by atoms with Crippen molar-refractivity contribution in [3.05, 3.63) is 41.3 Å². The summed E-state index contributed by atoms with van der Waals surface area (Å²) in [7, 11) is 1.88. The summed E-state index contributed by atoms with van der Waals surface area (Å²) in [5.74, 6) is -0.143. The maximum atomic E-state index is 12.0. The third-order valence-electron chi connectivity index (χ3n) is 3.35. The molecule has 0 radical (unpaired) electrons. The molecule has 0 aliphatic heterocycles. The molecule has 1 aliphatic carbocycles. The number of benzene rings is 1. The molecule has 90 valence electrons. The second kappa shape index (κ2) is 3.63. The van der Waals surface area contributed by atoms with Gasteiger partial charge in [-0.05, 0) is 0 Å². The van der Waals surface area contributed by atoms with Gasteiger partial charge in [0, 0.05) is 24.6 Å². The van der Waals surface area contributed by atoms with Crippen LogP contribution in [0, 0.1) is 0 Å². The number of hydrogen-bond donors (Lipinski definition) is 0. The first-order chi connectivity index (χ1) is 8.65. The van der Waals surface area contributed by atoms with Crippen molar-refractivity contribution in [1.82, 2.24) is 9.55 Å². The molecule has 0 atom stereocenters. The molecule has 1 aromatic heterocycles. The first-order valence-electron chi connectivity index (χ1n) is 5.89. The van der Waals surface area contributed by atoms with E-state index in [2.05, 4.69) is 4.98 Å². The molecule has 4 nitrogen and oxygen atoms in total. The zero-order chi connectivity index (χ0) is 12.9. The van der Waals surface area contributed by atoms with E-state index in [0.717, 1.165) is 23.5 Å². The fourth-order valence-corrected chi connectivity index (χ4v) is 2.45. The molecular formula is C14H12N2O2. The van der Waals surface area contributed by atoms with Gasteiger partial charge >= 0.3 is 0 Å². The number of carbonyl (C=O) groups is 2. The molecule has 1 aromatic carbocycles. The normalized spacial score (nSPS) is 13.4. The van der Waals surface area contributed by atoms with Gasteiger partial charge in [-0.3, -0.25) is 9.59 Å². The fourth-order valence-electron chi connectivity index (χ4n) is 2.45. The van der Waals surface area contributed by atoms with Crippen LogP contribution < -0.4 is 0 Å². The van der Waals surface area contributed by atoms with E-state index in [9.17, 15) is 9.59 Å². The van der Waals surface area contributed by atoms with Crippen LogP contribution in [0.5, 0.6) is 0 Å². The van der Waals surface area contributed by atoms with Crippen molar-refractivity contribution >= 4 is 11.6 Å². The molecule has 18 heavy (non-hydrogen) atoms. The fraction of sp³-hybridized carbons (Fsp3) is 0.214. The molecule has 0 amide bonds. The number of aromatic nitrogens is 2. The molecule has 0 N–H and O–H groups in total. The Labute approximate surface area is 104 Å². The molecule has 0 saturated heterocycles. The van der Waals surface area contributed by atoms with E-state index in [1.54, 1.807) is 12.1 Å². The zero-order valence-electron chi connectivity index (χ0n) is 10.2. The molecule has 2 aromatic rings. The molecule has 0 unspecified atom stereocenters. The number of fused-ring (bicyclic) bond motifs is 3. The number of rotatable bonds is 1. The summed E-state index contributed by atoms with van der Waals surface area (Å²) in [5.41, 5.74) is 2.32. The van der Waals surface area contributed by atoms with Crippen LogP contribution in [0.3, 0.4) is 0 Å². The lowest BCUT2D eigenvalue weighted by atomic mass is 9.90. The van der Waals surface area contributed by atoms with E-state index in [-0.39, 0.29) is 5.69 Å². The highest BCUT2D eigenvalue weighted by Crippen LogP contribution is 2.33. The van der Waals surface area contributed by atoms with Crippen molar-refractivity contribution in [3.8, 4) is 11.3 Å². The van der Waals surface area contributed by atoms with E-state index in [1.165, 1.54) is 0 Å².